The molecule has 2 aliphatic carbocycles. The Balaban J connectivity index is 2.21. The first-order valence-electron chi connectivity index (χ1n) is 8.27. The summed E-state index contributed by atoms with van der Waals surface area (Å²) in [5.74, 6) is -1.31. The molecular weight excluding hydrogens is 340 g/mol. The van der Waals surface area contributed by atoms with E-state index in [2.05, 4.69) is 0 Å². The molecule has 3 atom stereocenters. The molecule has 0 aliphatic heterocycles. The van der Waals surface area contributed by atoms with Crippen LogP contribution in [0.5, 0.6) is 0 Å². The van der Waals surface area contributed by atoms with Gasteiger partial charge in [0.1, 0.15) is 4.75 Å². The third-order valence-corrected chi connectivity index (χ3v) is 8.11. The first kappa shape index (κ1) is 17.9. The van der Waals surface area contributed by atoms with E-state index in [0.717, 1.165) is 5.57 Å². The van der Waals surface area contributed by atoms with Gasteiger partial charge in [-0.3, -0.25) is 9.59 Å². The highest BCUT2D eigenvalue weighted by Gasteiger charge is 2.66. The van der Waals surface area contributed by atoms with Gasteiger partial charge in [0.2, 0.25) is 0 Å². The summed E-state index contributed by atoms with van der Waals surface area (Å²) < 4.78 is 30.3. The molecule has 3 rings (SSSR count). The third-order valence-electron chi connectivity index (χ3n) is 5.58. The Hall–Kier alpha value is -1.95. The molecular formula is C19H22O5S. The molecule has 2 aliphatic rings. The lowest BCUT2D eigenvalue weighted by atomic mass is 9.81. The highest BCUT2D eigenvalue weighted by Crippen LogP contribution is 2.57. The smallest absolute Gasteiger partial charge is 0.311 e. The van der Waals surface area contributed by atoms with Crippen molar-refractivity contribution in [2.45, 2.75) is 42.8 Å². The Kier molecular flexibility index (Phi) is 4.14. The van der Waals surface area contributed by atoms with Crippen molar-refractivity contribution in [2.24, 2.45) is 11.3 Å². The van der Waals surface area contributed by atoms with Crippen molar-refractivity contribution in [3.63, 3.8) is 0 Å². The second-order valence-electron chi connectivity index (χ2n) is 7.40. The lowest BCUT2D eigenvalue weighted by Crippen LogP contribution is -2.51. The quantitative estimate of drug-likeness (QED) is 0.773. The molecule has 0 spiro atoms. The average molecular weight is 362 g/mol. The van der Waals surface area contributed by atoms with Crippen LogP contribution in [-0.2, 0) is 24.2 Å². The van der Waals surface area contributed by atoms with Crippen molar-refractivity contribution in [3.8, 4) is 0 Å². The van der Waals surface area contributed by atoms with Gasteiger partial charge in [-0.05, 0) is 57.2 Å². The van der Waals surface area contributed by atoms with Crippen LogP contribution in [0.25, 0.3) is 0 Å². The van der Waals surface area contributed by atoms with Crippen LogP contribution in [0.4, 0.5) is 0 Å². The number of fused-ring (bicyclic) bond motifs is 1. The Morgan fingerprint density at radius 2 is 1.88 bits per heavy atom. The summed E-state index contributed by atoms with van der Waals surface area (Å²) in [5, 5.41) is 0. The van der Waals surface area contributed by atoms with E-state index < -0.39 is 37.7 Å². The maximum atomic E-state index is 13.5. The molecule has 0 N–H and O–H groups in total. The van der Waals surface area contributed by atoms with Gasteiger partial charge in [0.15, 0.2) is 15.6 Å². The van der Waals surface area contributed by atoms with Gasteiger partial charge in [-0.2, -0.15) is 0 Å². The Morgan fingerprint density at radius 1 is 1.24 bits per heavy atom. The number of benzene rings is 1. The van der Waals surface area contributed by atoms with E-state index in [-0.39, 0.29) is 11.3 Å². The predicted octanol–water partition coefficient (Wildman–Crippen LogP) is 2.71. The predicted molar refractivity (Wildman–Crippen MR) is 92.6 cm³/mol. The molecule has 0 saturated heterocycles. The van der Waals surface area contributed by atoms with E-state index in [4.69, 9.17) is 4.74 Å². The molecule has 0 unspecified atom stereocenters. The molecule has 1 fully saturated rings. The van der Waals surface area contributed by atoms with Gasteiger partial charge in [-0.15, -0.1) is 0 Å². The number of ketones is 1. The second-order valence-corrected chi connectivity index (χ2v) is 9.60. The Morgan fingerprint density at radius 3 is 2.48 bits per heavy atom. The standard InChI is InChI=1S/C19H22O5S/c1-13-9-14-11-18(2,17(21)24-3)12-19(14,16(20)10-13)25(22,23)15-7-5-4-6-8-15/h4-8,10,14H,9,11-12H2,1-3H3/t14-,18+,19-/m1/s1. The summed E-state index contributed by atoms with van der Waals surface area (Å²) in [6, 6.07) is 8.03. The zero-order chi connectivity index (χ0) is 18.5. The monoisotopic (exact) mass is 362 g/mol. The molecule has 0 radical (unpaired) electrons. The summed E-state index contributed by atoms with van der Waals surface area (Å²) >= 11 is 0. The van der Waals surface area contributed by atoms with E-state index in [1.807, 2.05) is 6.92 Å². The summed E-state index contributed by atoms with van der Waals surface area (Å²) in [6.07, 6.45) is 2.20. The number of hydrogen-bond donors (Lipinski definition) is 0. The van der Waals surface area contributed by atoms with Crippen molar-refractivity contribution in [2.75, 3.05) is 7.11 Å². The number of allylic oxidation sites excluding steroid dienone is 2. The largest absolute Gasteiger partial charge is 0.469 e. The Labute approximate surface area is 148 Å². The van der Waals surface area contributed by atoms with Crippen LogP contribution < -0.4 is 0 Å². The highest BCUT2D eigenvalue weighted by molar-refractivity contribution is 7.93. The minimum absolute atomic E-state index is 0.0445. The Bertz CT molecular complexity index is 855. The number of hydrogen-bond acceptors (Lipinski definition) is 5. The second kappa shape index (κ2) is 5.80. The minimum atomic E-state index is -3.95. The normalized spacial score (nSPS) is 32.0. The number of ether oxygens (including phenoxy) is 1. The number of rotatable bonds is 3. The van der Waals surface area contributed by atoms with Gasteiger partial charge >= 0.3 is 5.97 Å². The number of methoxy groups -OCH3 is 1. The van der Waals surface area contributed by atoms with Crippen molar-refractivity contribution < 1.29 is 22.7 Å². The molecule has 1 aromatic carbocycles. The van der Waals surface area contributed by atoms with Crippen LogP contribution in [0.1, 0.15) is 33.1 Å². The van der Waals surface area contributed by atoms with E-state index in [0.29, 0.717) is 12.8 Å². The zero-order valence-electron chi connectivity index (χ0n) is 14.6. The van der Waals surface area contributed by atoms with Crippen LogP contribution in [-0.4, -0.2) is 32.0 Å². The van der Waals surface area contributed by atoms with Gasteiger partial charge in [-0.25, -0.2) is 8.42 Å². The van der Waals surface area contributed by atoms with E-state index in [1.54, 1.807) is 25.1 Å². The maximum absolute atomic E-state index is 13.5. The van der Waals surface area contributed by atoms with Crippen LogP contribution >= 0.6 is 0 Å². The molecule has 1 saturated carbocycles. The van der Waals surface area contributed by atoms with Gasteiger partial charge < -0.3 is 4.74 Å². The molecule has 0 amide bonds. The average Bonchev–Trinajstić information content (AvgIpc) is 2.90. The van der Waals surface area contributed by atoms with Crippen LogP contribution in [0, 0.1) is 11.3 Å². The summed E-state index contributed by atoms with van der Waals surface area (Å²) in [7, 11) is -2.66. The van der Waals surface area contributed by atoms with Gasteiger partial charge in [0, 0.05) is 0 Å². The first-order chi connectivity index (χ1) is 11.7. The number of esters is 1. The van der Waals surface area contributed by atoms with Gasteiger partial charge in [-0.1, -0.05) is 23.8 Å². The van der Waals surface area contributed by atoms with E-state index in [1.165, 1.54) is 25.3 Å². The lowest BCUT2D eigenvalue weighted by molar-refractivity contribution is -0.151. The molecule has 1 aromatic rings. The molecule has 25 heavy (non-hydrogen) atoms. The summed E-state index contributed by atoms with van der Waals surface area (Å²) in [5.41, 5.74) is -0.141. The lowest BCUT2D eigenvalue weighted by Gasteiger charge is -2.36. The third kappa shape index (κ3) is 2.46. The minimum Gasteiger partial charge on any atom is -0.469 e. The SMILES string of the molecule is COC(=O)[C@@]1(C)C[C@H]2CC(C)=CC(=O)[C@@]2(S(=O)(=O)c2ccccc2)C1. The fourth-order valence-electron chi connectivity index (χ4n) is 4.48. The maximum Gasteiger partial charge on any atom is 0.311 e. The number of carbonyl (C=O) groups excluding carboxylic acids is 2. The van der Waals surface area contributed by atoms with Crippen molar-refractivity contribution in [1.82, 2.24) is 0 Å². The fraction of sp³-hybridized carbons (Fsp3) is 0.474. The topological polar surface area (TPSA) is 77.5 Å². The van der Waals surface area contributed by atoms with Crippen LogP contribution in [0.3, 0.4) is 0 Å². The van der Waals surface area contributed by atoms with Gasteiger partial charge in [0.05, 0.1) is 17.4 Å². The zero-order valence-corrected chi connectivity index (χ0v) is 15.4. The van der Waals surface area contributed by atoms with Crippen molar-refractivity contribution >= 4 is 21.6 Å². The number of carbonyl (C=O) groups is 2. The molecule has 0 bridgehead atoms. The first-order valence-corrected chi connectivity index (χ1v) is 9.75. The summed E-state index contributed by atoms with van der Waals surface area (Å²) in [6.45, 7) is 3.52. The van der Waals surface area contributed by atoms with Crippen LogP contribution in [0.15, 0.2) is 46.9 Å². The highest BCUT2D eigenvalue weighted by atomic mass is 32.2. The van der Waals surface area contributed by atoms with E-state index in [9.17, 15) is 18.0 Å². The molecule has 5 nitrogen and oxygen atoms in total. The van der Waals surface area contributed by atoms with Crippen molar-refractivity contribution in [1.29, 1.82) is 0 Å². The molecule has 0 aromatic heterocycles. The van der Waals surface area contributed by atoms with Gasteiger partial charge in [0.25, 0.3) is 0 Å². The molecule has 0 heterocycles. The molecule has 134 valence electrons. The number of sulfone groups is 1. The summed E-state index contributed by atoms with van der Waals surface area (Å²) in [4.78, 5) is 25.5. The fourth-order valence-corrected chi connectivity index (χ4v) is 6.86. The van der Waals surface area contributed by atoms with Crippen LogP contribution in [0.2, 0.25) is 0 Å². The van der Waals surface area contributed by atoms with E-state index >= 15 is 0 Å². The molecule has 6 heteroatoms. The van der Waals surface area contributed by atoms with Crippen molar-refractivity contribution in [3.05, 3.63) is 42.0 Å².